The molecule has 1 aliphatic rings. The lowest BCUT2D eigenvalue weighted by atomic mass is 9.90. The smallest absolute Gasteiger partial charge is 0.217 e. The highest BCUT2D eigenvalue weighted by Gasteiger charge is 2.20. The molecule has 2 aromatic heterocycles. The number of aryl methyl sites for hydroxylation is 2. The van der Waals surface area contributed by atoms with Gasteiger partial charge in [-0.2, -0.15) is 0 Å². The van der Waals surface area contributed by atoms with Gasteiger partial charge in [-0.05, 0) is 69.3 Å². The van der Waals surface area contributed by atoms with Crippen LogP contribution in [0.5, 0.6) is 5.88 Å². The normalized spacial score (nSPS) is 16.1. The number of nitrogens with zero attached hydrogens (tertiary/aromatic N) is 3. The lowest BCUT2D eigenvalue weighted by molar-refractivity contribution is 0.170. The summed E-state index contributed by atoms with van der Waals surface area (Å²) in [7, 11) is 1.68. The third-order valence-electron chi connectivity index (χ3n) is 5.03. The lowest BCUT2D eigenvalue weighted by Gasteiger charge is -2.32. The summed E-state index contributed by atoms with van der Waals surface area (Å²) in [5.41, 5.74) is 3.32. The molecule has 1 fully saturated rings. The Morgan fingerprint density at radius 1 is 1.20 bits per heavy atom. The summed E-state index contributed by atoms with van der Waals surface area (Å²) in [5, 5.41) is 0.668. The molecule has 0 saturated carbocycles. The van der Waals surface area contributed by atoms with E-state index in [0.29, 0.717) is 5.15 Å². The van der Waals surface area contributed by atoms with E-state index in [9.17, 15) is 0 Å². The minimum absolute atomic E-state index is 0.668. The van der Waals surface area contributed by atoms with Crippen molar-refractivity contribution in [3.8, 4) is 5.88 Å². The van der Waals surface area contributed by atoms with Gasteiger partial charge in [-0.3, -0.25) is 4.90 Å². The van der Waals surface area contributed by atoms with Crippen molar-refractivity contribution in [1.29, 1.82) is 0 Å². The van der Waals surface area contributed by atoms with E-state index in [0.717, 1.165) is 43.5 Å². The molecule has 1 saturated heterocycles. The van der Waals surface area contributed by atoms with Crippen molar-refractivity contribution >= 4 is 11.6 Å². The molecule has 4 nitrogen and oxygen atoms in total. The number of methoxy groups -OCH3 is 1. The van der Waals surface area contributed by atoms with Crippen LogP contribution in [0.1, 0.15) is 36.1 Å². The SMILES string of the molecule is COc1ncccc1CN1CCC(CCc2ccc(C)nc2Cl)CC1. The third-order valence-corrected chi connectivity index (χ3v) is 5.36. The minimum atomic E-state index is 0.668. The first-order valence-corrected chi connectivity index (χ1v) is 9.35. The Balaban J connectivity index is 1.47. The topological polar surface area (TPSA) is 38.2 Å². The summed E-state index contributed by atoms with van der Waals surface area (Å²) in [4.78, 5) is 11.1. The molecule has 134 valence electrons. The van der Waals surface area contributed by atoms with Crippen LogP contribution in [-0.4, -0.2) is 35.1 Å². The summed E-state index contributed by atoms with van der Waals surface area (Å²) in [5.74, 6) is 1.51. The van der Waals surface area contributed by atoms with Gasteiger partial charge >= 0.3 is 0 Å². The molecule has 25 heavy (non-hydrogen) atoms. The maximum absolute atomic E-state index is 6.25. The highest BCUT2D eigenvalue weighted by molar-refractivity contribution is 6.30. The van der Waals surface area contributed by atoms with E-state index in [1.54, 1.807) is 13.3 Å². The Bertz CT molecular complexity index is 699. The second-order valence-corrected chi connectivity index (χ2v) is 7.19. The van der Waals surface area contributed by atoms with Crippen molar-refractivity contribution in [3.05, 3.63) is 52.4 Å². The van der Waals surface area contributed by atoms with Crippen LogP contribution in [0.25, 0.3) is 0 Å². The number of ether oxygens (including phenoxy) is 1. The number of halogens is 1. The number of likely N-dealkylation sites (tertiary alicyclic amines) is 1. The van der Waals surface area contributed by atoms with Crippen LogP contribution in [0.2, 0.25) is 5.15 Å². The molecule has 0 N–H and O–H groups in total. The molecule has 0 amide bonds. The van der Waals surface area contributed by atoms with E-state index in [4.69, 9.17) is 16.3 Å². The van der Waals surface area contributed by atoms with Crippen molar-refractivity contribution in [2.45, 2.75) is 39.2 Å². The average Bonchev–Trinajstić information content (AvgIpc) is 2.63. The standard InChI is InChI=1S/C20H26ClN3O/c1-15-5-7-17(19(21)23-15)8-6-16-9-12-24(13-10-16)14-18-4-3-11-22-20(18)25-2/h3-5,7,11,16H,6,8-10,12-14H2,1-2H3. The van der Waals surface area contributed by atoms with Gasteiger partial charge in [0.25, 0.3) is 0 Å². The lowest BCUT2D eigenvalue weighted by Crippen LogP contribution is -2.33. The third kappa shape index (κ3) is 4.93. The zero-order chi connectivity index (χ0) is 17.6. The van der Waals surface area contributed by atoms with Gasteiger partial charge < -0.3 is 4.74 Å². The van der Waals surface area contributed by atoms with Crippen LogP contribution in [0.4, 0.5) is 0 Å². The fourth-order valence-corrected chi connectivity index (χ4v) is 3.79. The molecule has 0 aromatic carbocycles. The van der Waals surface area contributed by atoms with E-state index >= 15 is 0 Å². The van der Waals surface area contributed by atoms with E-state index in [2.05, 4.69) is 27.0 Å². The predicted octanol–water partition coefficient (Wildman–Crippen LogP) is 4.29. The molecule has 0 unspecified atom stereocenters. The van der Waals surface area contributed by atoms with Gasteiger partial charge in [-0.1, -0.05) is 23.7 Å². The number of hydrogen-bond acceptors (Lipinski definition) is 4. The van der Waals surface area contributed by atoms with Gasteiger partial charge in [-0.25, -0.2) is 9.97 Å². The monoisotopic (exact) mass is 359 g/mol. The van der Waals surface area contributed by atoms with E-state index in [1.807, 2.05) is 19.1 Å². The van der Waals surface area contributed by atoms with Crippen LogP contribution in [0.15, 0.2) is 30.5 Å². The van der Waals surface area contributed by atoms with Gasteiger partial charge in [0, 0.05) is 24.0 Å². The molecular formula is C20H26ClN3O. The second-order valence-electron chi connectivity index (χ2n) is 6.83. The Kier molecular flexibility index (Phi) is 6.27. The molecule has 0 radical (unpaired) electrons. The molecule has 3 rings (SSSR count). The van der Waals surface area contributed by atoms with Crippen LogP contribution in [-0.2, 0) is 13.0 Å². The maximum atomic E-state index is 6.25. The number of pyridine rings is 2. The zero-order valence-electron chi connectivity index (χ0n) is 15.0. The van der Waals surface area contributed by atoms with Gasteiger partial charge in [0.2, 0.25) is 5.88 Å². The van der Waals surface area contributed by atoms with Crippen LogP contribution in [0, 0.1) is 12.8 Å². The molecular weight excluding hydrogens is 334 g/mol. The number of hydrogen-bond donors (Lipinski definition) is 0. The van der Waals surface area contributed by atoms with Crippen molar-refractivity contribution in [2.75, 3.05) is 20.2 Å². The van der Waals surface area contributed by atoms with E-state index < -0.39 is 0 Å². The van der Waals surface area contributed by atoms with E-state index in [-0.39, 0.29) is 0 Å². The Hall–Kier alpha value is -1.65. The number of aromatic nitrogens is 2. The highest BCUT2D eigenvalue weighted by atomic mass is 35.5. The Labute approximate surface area is 155 Å². The summed E-state index contributed by atoms with van der Waals surface area (Å²) in [6.07, 6.45) is 6.46. The molecule has 5 heteroatoms. The minimum Gasteiger partial charge on any atom is -0.481 e. The van der Waals surface area contributed by atoms with Crippen molar-refractivity contribution in [1.82, 2.24) is 14.9 Å². The van der Waals surface area contributed by atoms with Gasteiger partial charge in [0.1, 0.15) is 5.15 Å². The zero-order valence-corrected chi connectivity index (χ0v) is 15.8. The Morgan fingerprint density at radius 3 is 2.72 bits per heavy atom. The number of rotatable bonds is 6. The van der Waals surface area contributed by atoms with Crippen molar-refractivity contribution in [3.63, 3.8) is 0 Å². The largest absolute Gasteiger partial charge is 0.481 e. The van der Waals surface area contributed by atoms with Gasteiger partial charge in [0.15, 0.2) is 0 Å². The van der Waals surface area contributed by atoms with E-state index in [1.165, 1.54) is 30.4 Å². The van der Waals surface area contributed by atoms with Gasteiger partial charge in [-0.15, -0.1) is 0 Å². The second kappa shape index (κ2) is 8.63. The molecule has 0 bridgehead atoms. The first-order valence-electron chi connectivity index (χ1n) is 8.98. The molecule has 0 spiro atoms. The quantitative estimate of drug-likeness (QED) is 0.721. The highest BCUT2D eigenvalue weighted by Crippen LogP contribution is 2.26. The maximum Gasteiger partial charge on any atom is 0.217 e. The summed E-state index contributed by atoms with van der Waals surface area (Å²) < 4.78 is 5.36. The predicted molar refractivity (Wildman–Crippen MR) is 101 cm³/mol. The van der Waals surface area contributed by atoms with Crippen LogP contribution < -0.4 is 4.74 Å². The molecule has 3 heterocycles. The fourth-order valence-electron chi connectivity index (χ4n) is 3.50. The Morgan fingerprint density at radius 2 is 2.00 bits per heavy atom. The average molecular weight is 360 g/mol. The van der Waals surface area contributed by atoms with Crippen molar-refractivity contribution < 1.29 is 4.74 Å². The number of piperidine rings is 1. The first kappa shape index (κ1) is 18.2. The molecule has 2 aromatic rings. The summed E-state index contributed by atoms with van der Waals surface area (Å²) in [6.45, 7) is 5.14. The molecule has 0 aliphatic carbocycles. The summed E-state index contributed by atoms with van der Waals surface area (Å²) >= 11 is 6.25. The molecule has 0 atom stereocenters. The first-order chi connectivity index (χ1) is 12.2. The summed E-state index contributed by atoms with van der Waals surface area (Å²) in [6, 6.07) is 8.24. The van der Waals surface area contributed by atoms with Crippen molar-refractivity contribution in [2.24, 2.45) is 5.92 Å². The van der Waals surface area contributed by atoms with Crippen LogP contribution >= 0.6 is 11.6 Å². The fraction of sp³-hybridized carbons (Fsp3) is 0.500. The van der Waals surface area contributed by atoms with Crippen LogP contribution in [0.3, 0.4) is 0 Å². The van der Waals surface area contributed by atoms with Gasteiger partial charge in [0.05, 0.1) is 7.11 Å². The molecule has 1 aliphatic heterocycles.